The molecule has 0 aliphatic heterocycles. The van der Waals surface area contributed by atoms with Gasteiger partial charge in [-0.2, -0.15) is 0 Å². The minimum atomic E-state index is -0.448. The van der Waals surface area contributed by atoms with Crippen molar-refractivity contribution in [1.29, 1.82) is 0 Å². The maximum Gasteiger partial charge on any atom is 0.269 e. The lowest BCUT2D eigenvalue weighted by molar-refractivity contribution is -0.384. The Morgan fingerprint density at radius 1 is 1.15 bits per heavy atom. The fourth-order valence-corrected chi connectivity index (χ4v) is 2.13. The zero-order valence-electron chi connectivity index (χ0n) is 11.2. The second kappa shape index (κ2) is 5.92. The number of aryl methyl sites for hydroxylation is 2. The number of hydrogen-bond acceptors (Lipinski definition) is 3. The fourth-order valence-electron chi connectivity index (χ4n) is 1.96. The molecule has 2 rings (SSSR count). The molecule has 0 atom stereocenters. The van der Waals surface area contributed by atoms with E-state index < -0.39 is 4.92 Å². The molecule has 0 N–H and O–H groups in total. The number of rotatable bonds is 4. The highest BCUT2D eigenvalue weighted by molar-refractivity contribution is 6.31. The third kappa shape index (κ3) is 3.48. The second-order valence-electron chi connectivity index (χ2n) is 4.64. The second-order valence-corrected chi connectivity index (χ2v) is 5.05. The standard InChI is InChI=1S/C15H14ClNO3/c1-10-5-11(2)7-14(6-10)20-9-12-8-13(17(18)19)3-4-15(12)16/h3-8H,9H2,1-2H3. The third-order valence-corrected chi connectivity index (χ3v) is 3.20. The molecule has 2 aromatic rings. The van der Waals surface area contributed by atoms with Gasteiger partial charge in [-0.15, -0.1) is 0 Å². The highest BCUT2D eigenvalue weighted by Crippen LogP contribution is 2.24. The van der Waals surface area contributed by atoms with Crippen molar-refractivity contribution in [3.63, 3.8) is 0 Å². The van der Waals surface area contributed by atoms with E-state index in [9.17, 15) is 10.1 Å². The predicted octanol–water partition coefficient (Wildman–Crippen LogP) is 4.44. The lowest BCUT2D eigenvalue weighted by Crippen LogP contribution is -1.98. The van der Waals surface area contributed by atoms with Gasteiger partial charge in [0.05, 0.1) is 4.92 Å². The van der Waals surface area contributed by atoms with Crippen molar-refractivity contribution >= 4 is 17.3 Å². The van der Waals surface area contributed by atoms with Crippen LogP contribution in [-0.2, 0) is 6.61 Å². The molecule has 0 unspecified atom stereocenters. The number of benzene rings is 2. The molecule has 0 aliphatic carbocycles. The number of nitro groups is 1. The van der Waals surface area contributed by atoms with Crippen LogP contribution in [0.15, 0.2) is 36.4 Å². The number of halogens is 1. The molecule has 0 aromatic heterocycles. The van der Waals surface area contributed by atoms with Gasteiger partial charge in [-0.3, -0.25) is 10.1 Å². The molecule has 0 bridgehead atoms. The van der Waals surface area contributed by atoms with Crippen LogP contribution in [0.25, 0.3) is 0 Å². The van der Waals surface area contributed by atoms with Crippen LogP contribution in [0, 0.1) is 24.0 Å². The molecule has 0 radical (unpaired) electrons. The monoisotopic (exact) mass is 291 g/mol. The normalized spacial score (nSPS) is 10.3. The first kappa shape index (κ1) is 14.3. The summed E-state index contributed by atoms with van der Waals surface area (Å²) in [5.41, 5.74) is 2.81. The summed E-state index contributed by atoms with van der Waals surface area (Å²) in [6.07, 6.45) is 0. The van der Waals surface area contributed by atoms with Crippen molar-refractivity contribution < 1.29 is 9.66 Å². The van der Waals surface area contributed by atoms with Crippen LogP contribution in [0.4, 0.5) is 5.69 Å². The molecule has 5 heteroatoms. The van der Waals surface area contributed by atoms with Gasteiger partial charge in [0.1, 0.15) is 12.4 Å². The fraction of sp³-hybridized carbons (Fsp3) is 0.200. The Bertz CT molecular complexity index is 635. The molecule has 0 spiro atoms. The number of nitro benzene ring substituents is 1. The number of ether oxygens (including phenoxy) is 1. The van der Waals surface area contributed by atoms with Crippen LogP contribution >= 0.6 is 11.6 Å². The van der Waals surface area contributed by atoms with Crippen molar-refractivity contribution in [2.24, 2.45) is 0 Å². The van der Waals surface area contributed by atoms with Crippen molar-refractivity contribution in [2.45, 2.75) is 20.5 Å². The quantitative estimate of drug-likeness (QED) is 0.618. The molecule has 20 heavy (non-hydrogen) atoms. The summed E-state index contributed by atoms with van der Waals surface area (Å²) < 4.78 is 5.66. The van der Waals surface area contributed by atoms with E-state index in [0.717, 1.165) is 16.9 Å². The summed E-state index contributed by atoms with van der Waals surface area (Å²) in [5.74, 6) is 0.727. The van der Waals surface area contributed by atoms with Crippen molar-refractivity contribution in [1.82, 2.24) is 0 Å². The summed E-state index contributed by atoms with van der Waals surface area (Å²) in [4.78, 5) is 10.3. The molecule has 0 saturated carbocycles. The third-order valence-electron chi connectivity index (χ3n) is 2.83. The Morgan fingerprint density at radius 2 is 1.80 bits per heavy atom. The Morgan fingerprint density at radius 3 is 2.40 bits per heavy atom. The van der Waals surface area contributed by atoms with Gasteiger partial charge < -0.3 is 4.74 Å². The minimum absolute atomic E-state index is 0.00780. The summed E-state index contributed by atoms with van der Waals surface area (Å²) >= 11 is 6.03. The minimum Gasteiger partial charge on any atom is -0.489 e. The molecule has 0 aliphatic rings. The van der Waals surface area contributed by atoms with Gasteiger partial charge in [0.2, 0.25) is 0 Å². The number of nitrogens with zero attached hydrogens (tertiary/aromatic N) is 1. The maximum atomic E-state index is 10.7. The summed E-state index contributed by atoms with van der Waals surface area (Å²) in [6.45, 7) is 4.17. The van der Waals surface area contributed by atoms with Crippen molar-refractivity contribution in [3.05, 3.63) is 68.2 Å². The first-order valence-electron chi connectivity index (χ1n) is 6.09. The molecular weight excluding hydrogens is 278 g/mol. The van der Waals surface area contributed by atoms with Crippen molar-refractivity contribution in [3.8, 4) is 5.75 Å². The van der Waals surface area contributed by atoms with Gasteiger partial charge >= 0.3 is 0 Å². The highest BCUT2D eigenvalue weighted by atomic mass is 35.5. The maximum absolute atomic E-state index is 10.7. The topological polar surface area (TPSA) is 52.4 Å². The number of hydrogen-bond donors (Lipinski definition) is 0. The largest absolute Gasteiger partial charge is 0.489 e. The molecule has 0 fully saturated rings. The zero-order chi connectivity index (χ0) is 14.7. The average molecular weight is 292 g/mol. The molecule has 104 valence electrons. The summed E-state index contributed by atoms with van der Waals surface area (Å²) in [5, 5.41) is 11.2. The summed E-state index contributed by atoms with van der Waals surface area (Å²) in [6, 6.07) is 10.2. The van der Waals surface area contributed by atoms with E-state index in [1.807, 2.05) is 32.0 Å². The molecular formula is C15H14ClNO3. The SMILES string of the molecule is Cc1cc(C)cc(OCc2cc([N+](=O)[O-])ccc2Cl)c1. The van der Waals surface area contributed by atoms with Crippen LogP contribution in [0.3, 0.4) is 0 Å². The first-order valence-corrected chi connectivity index (χ1v) is 6.47. The van der Waals surface area contributed by atoms with E-state index in [-0.39, 0.29) is 12.3 Å². The Hall–Kier alpha value is -2.07. The molecule has 0 saturated heterocycles. The molecule has 4 nitrogen and oxygen atoms in total. The Kier molecular flexibility index (Phi) is 4.25. The predicted molar refractivity (Wildman–Crippen MR) is 78.4 cm³/mol. The van der Waals surface area contributed by atoms with E-state index >= 15 is 0 Å². The van der Waals surface area contributed by atoms with Crippen molar-refractivity contribution in [2.75, 3.05) is 0 Å². The zero-order valence-corrected chi connectivity index (χ0v) is 12.0. The van der Waals surface area contributed by atoms with E-state index in [2.05, 4.69) is 0 Å². The van der Waals surface area contributed by atoms with Crippen LogP contribution in [0.5, 0.6) is 5.75 Å². The molecule has 2 aromatic carbocycles. The highest BCUT2D eigenvalue weighted by Gasteiger charge is 2.10. The number of non-ortho nitro benzene ring substituents is 1. The molecule has 0 amide bonds. The van der Waals surface area contributed by atoms with Gasteiger partial charge in [0.15, 0.2) is 0 Å². The average Bonchev–Trinajstić information content (AvgIpc) is 2.36. The smallest absolute Gasteiger partial charge is 0.269 e. The molecule has 0 heterocycles. The van der Waals surface area contributed by atoms with E-state index in [0.29, 0.717) is 10.6 Å². The van der Waals surface area contributed by atoms with Crippen LogP contribution in [0.2, 0.25) is 5.02 Å². The van der Waals surface area contributed by atoms with Gasteiger partial charge in [0.25, 0.3) is 5.69 Å². The van der Waals surface area contributed by atoms with Crippen LogP contribution < -0.4 is 4.74 Å². The van der Waals surface area contributed by atoms with Gasteiger partial charge in [-0.05, 0) is 43.2 Å². The lowest BCUT2D eigenvalue weighted by atomic mass is 10.1. The van der Waals surface area contributed by atoms with E-state index in [1.165, 1.54) is 18.2 Å². The first-order chi connectivity index (χ1) is 9.45. The summed E-state index contributed by atoms with van der Waals surface area (Å²) in [7, 11) is 0. The van der Waals surface area contributed by atoms with E-state index in [4.69, 9.17) is 16.3 Å². The van der Waals surface area contributed by atoms with Crippen LogP contribution in [-0.4, -0.2) is 4.92 Å². The van der Waals surface area contributed by atoms with Gasteiger partial charge in [-0.25, -0.2) is 0 Å². The Balaban J connectivity index is 2.18. The van der Waals surface area contributed by atoms with E-state index in [1.54, 1.807) is 0 Å². The Labute approximate surface area is 122 Å². The van der Waals surface area contributed by atoms with Crippen LogP contribution in [0.1, 0.15) is 16.7 Å². The van der Waals surface area contributed by atoms with Gasteiger partial charge in [-0.1, -0.05) is 17.7 Å². The lowest BCUT2D eigenvalue weighted by Gasteiger charge is -2.09. The van der Waals surface area contributed by atoms with Gasteiger partial charge in [0, 0.05) is 22.7 Å².